The van der Waals surface area contributed by atoms with Gasteiger partial charge in [-0.2, -0.15) is 0 Å². The second-order valence-corrected chi connectivity index (χ2v) is 5.30. The molecule has 1 rings (SSSR count). The highest BCUT2D eigenvalue weighted by Gasteiger charge is 2.20. The molecule has 5 heteroatoms. The fourth-order valence-corrected chi connectivity index (χ4v) is 1.49. The molecule has 0 aromatic heterocycles. The van der Waals surface area contributed by atoms with Gasteiger partial charge in [0.1, 0.15) is 12.1 Å². The summed E-state index contributed by atoms with van der Waals surface area (Å²) in [5.41, 5.74) is 1.12. The lowest BCUT2D eigenvalue weighted by Gasteiger charge is -2.21. The van der Waals surface area contributed by atoms with E-state index < -0.39 is 17.5 Å². The third-order valence-electron chi connectivity index (χ3n) is 2.22. The van der Waals surface area contributed by atoms with Crippen LogP contribution in [0.4, 0.5) is 5.69 Å². The molecule has 5 nitrogen and oxygen atoms in total. The Bertz CT molecular complexity index is 489. The molecule has 0 atom stereocenters. The van der Waals surface area contributed by atoms with Gasteiger partial charge in [-0.05, 0) is 39.8 Å². The maximum atomic E-state index is 12.1. The predicted molar refractivity (Wildman–Crippen MR) is 72.5 cm³/mol. The monoisotopic (exact) mass is 265 g/mol. The zero-order valence-corrected chi connectivity index (χ0v) is 11.6. The first-order valence-corrected chi connectivity index (χ1v) is 5.99. The van der Waals surface area contributed by atoms with Crippen LogP contribution < -0.4 is 5.32 Å². The molecule has 0 bridgehead atoms. The molecule has 2 N–H and O–H groups in total. The van der Waals surface area contributed by atoms with Crippen molar-refractivity contribution in [1.29, 1.82) is 0 Å². The van der Waals surface area contributed by atoms with E-state index in [1.807, 2.05) is 6.92 Å². The zero-order chi connectivity index (χ0) is 14.6. The summed E-state index contributed by atoms with van der Waals surface area (Å²) in [6.07, 6.45) is 0. The molecule has 19 heavy (non-hydrogen) atoms. The number of hydrogen-bond acceptors (Lipinski definition) is 4. The average Bonchev–Trinajstić information content (AvgIpc) is 2.24. The molecule has 0 spiro atoms. The normalized spacial score (nSPS) is 10.9. The number of hydrogen-bond donors (Lipinski definition) is 2. The van der Waals surface area contributed by atoms with E-state index in [1.54, 1.807) is 39.0 Å². The highest BCUT2D eigenvalue weighted by Crippen LogP contribution is 2.21. The van der Waals surface area contributed by atoms with Crippen LogP contribution in [0.3, 0.4) is 0 Å². The Morgan fingerprint density at radius 3 is 2.47 bits per heavy atom. The van der Waals surface area contributed by atoms with E-state index in [9.17, 15) is 9.59 Å². The number of aryl methyl sites for hydroxylation is 1. The van der Waals surface area contributed by atoms with Crippen molar-refractivity contribution in [3.63, 3.8) is 0 Å². The first-order chi connectivity index (χ1) is 8.69. The lowest BCUT2D eigenvalue weighted by molar-refractivity contribution is -0.134. The highest BCUT2D eigenvalue weighted by molar-refractivity contribution is 5.96. The summed E-state index contributed by atoms with van der Waals surface area (Å²) in [7, 11) is 0. The number of anilines is 1. The molecule has 1 aromatic rings. The standard InChI is InChI=1S/C14H19NO4/c1-9-5-6-11(15-8-12(16)17)10(7-9)13(18)19-14(2,3)4/h5-7,15H,8H2,1-4H3,(H,16,17). The topological polar surface area (TPSA) is 75.6 Å². The minimum atomic E-state index is -0.990. The molecular formula is C14H19NO4. The van der Waals surface area contributed by atoms with Crippen molar-refractivity contribution in [1.82, 2.24) is 0 Å². The van der Waals surface area contributed by atoms with E-state index >= 15 is 0 Å². The van der Waals surface area contributed by atoms with Crippen molar-refractivity contribution in [2.75, 3.05) is 11.9 Å². The number of carbonyl (C=O) groups is 2. The van der Waals surface area contributed by atoms with Gasteiger partial charge in [0.25, 0.3) is 0 Å². The minimum absolute atomic E-state index is 0.251. The van der Waals surface area contributed by atoms with Crippen molar-refractivity contribution in [2.24, 2.45) is 0 Å². The van der Waals surface area contributed by atoms with Gasteiger partial charge in [-0.1, -0.05) is 11.6 Å². The number of carbonyl (C=O) groups excluding carboxylic acids is 1. The van der Waals surface area contributed by atoms with Crippen molar-refractivity contribution in [3.05, 3.63) is 29.3 Å². The van der Waals surface area contributed by atoms with Crippen LogP contribution in [0.25, 0.3) is 0 Å². The van der Waals surface area contributed by atoms with Crippen molar-refractivity contribution >= 4 is 17.6 Å². The third-order valence-corrected chi connectivity index (χ3v) is 2.22. The van der Waals surface area contributed by atoms with Gasteiger partial charge in [0.2, 0.25) is 0 Å². The summed E-state index contributed by atoms with van der Waals surface area (Å²) >= 11 is 0. The number of aliphatic carboxylic acids is 1. The van der Waals surface area contributed by atoms with Crippen LogP contribution in [-0.4, -0.2) is 29.2 Å². The summed E-state index contributed by atoms with van der Waals surface area (Å²) in [4.78, 5) is 22.6. The maximum Gasteiger partial charge on any atom is 0.340 e. The third kappa shape index (κ3) is 4.99. The second-order valence-electron chi connectivity index (χ2n) is 5.30. The molecule has 0 amide bonds. The maximum absolute atomic E-state index is 12.1. The fraction of sp³-hybridized carbons (Fsp3) is 0.429. The lowest BCUT2D eigenvalue weighted by atomic mass is 10.1. The Labute approximate surface area is 112 Å². The van der Waals surface area contributed by atoms with E-state index in [2.05, 4.69) is 5.32 Å². The number of esters is 1. The van der Waals surface area contributed by atoms with E-state index in [1.165, 1.54) is 0 Å². The number of rotatable bonds is 4. The van der Waals surface area contributed by atoms with E-state index in [-0.39, 0.29) is 6.54 Å². The molecule has 0 aliphatic heterocycles. The van der Waals surface area contributed by atoms with Crippen LogP contribution in [0.2, 0.25) is 0 Å². The van der Waals surface area contributed by atoms with Crippen LogP contribution in [0.15, 0.2) is 18.2 Å². The predicted octanol–water partition coefficient (Wildman–Crippen LogP) is 2.45. The quantitative estimate of drug-likeness (QED) is 0.818. The first-order valence-electron chi connectivity index (χ1n) is 5.99. The summed E-state index contributed by atoms with van der Waals surface area (Å²) in [6.45, 7) is 6.95. The molecule has 1 aromatic carbocycles. The van der Waals surface area contributed by atoms with Crippen molar-refractivity contribution in [2.45, 2.75) is 33.3 Å². The molecule has 0 fully saturated rings. The lowest BCUT2D eigenvalue weighted by Crippen LogP contribution is -2.25. The molecule has 0 unspecified atom stereocenters. The summed E-state index contributed by atoms with van der Waals surface area (Å²) in [5.74, 6) is -1.46. The van der Waals surface area contributed by atoms with Gasteiger partial charge in [0, 0.05) is 5.69 Å². The number of carboxylic acid groups (broad SMARTS) is 1. The Balaban J connectivity index is 2.99. The minimum Gasteiger partial charge on any atom is -0.480 e. The number of carboxylic acids is 1. The van der Waals surface area contributed by atoms with Gasteiger partial charge in [0.15, 0.2) is 0 Å². The second kappa shape index (κ2) is 5.73. The van der Waals surface area contributed by atoms with Crippen molar-refractivity contribution in [3.8, 4) is 0 Å². The van der Waals surface area contributed by atoms with Gasteiger partial charge in [0.05, 0.1) is 5.56 Å². The Kier molecular flexibility index (Phi) is 4.53. The molecule has 0 saturated heterocycles. The van der Waals surface area contributed by atoms with E-state index in [0.717, 1.165) is 5.56 Å². The molecule has 0 aliphatic rings. The Morgan fingerprint density at radius 2 is 1.95 bits per heavy atom. The van der Waals surface area contributed by atoms with Gasteiger partial charge in [-0.15, -0.1) is 0 Å². The summed E-state index contributed by atoms with van der Waals surface area (Å²) in [6, 6.07) is 5.16. The average molecular weight is 265 g/mol. The summed E-state index contributed by atoms with van der Waals surface area (Å²) in [5, 5.41) is 11.4. The van der Waals surface area contributed by atoms with Crippen molar-refractivity contribution < 1.29 is 19.4 Å². The number of benzene rings is 1. The molecular weight excluding hydrogens is 246 g/mol. The van der Waals surface area contributed by atoms with Crippen LogP contribution in [-0.2, 0) is 9.53 Å². The molecule has 104 valence electrons. The fourth-order valence-electron chi connectivity index (χ4n) is 1.49. The van der Waals surface area contributed by atoms with Gasteiger partial charge in [-0.3, -0.25) is 4.79 Å². The molecule has 0 heterocycles. The van der Waals surface area contributed by atoms with E-state index in [4.69, 9.17) is 9.84 Å². The zero-order valence-electron chi connectivity index (χ0n) is 11.6. The van der Waals surface area contributed by atoms with E-state index in [0.29, 0.717) is 11.3 Å². The van der Waals surface area contributed by atoms with Crippen LogP contribution in [0.5, 0.6) is 0 Å². The molecule has 0 aliphatic carbocycles. The Morgan fingerprint density at radius 1 is 1.32 bits per heavy atom. The SMILES string of the molecule is Cc1ccc(NCC(=O)O)c(C(=O)OC(C)(C)C)c1. The van der Waals surface area contributed by atoms with Crippen LogP contribution in [0.1, 0.15) is 36.7 Å². The molecule has 0 saturated carbocycles. The van der Waals surface area contributed by atoms with Gasteiger partial charge >= 0.3 is 11.9 Å². The highest BCUT2D eigenvalue weighted by atomic mass is 16.6. The van der Waals surface area contributed by atoms with Gasteiger partial charge < -0.3 is 15.2 Å². The molecule has 0 radical (unpaired) electrons. The number of nitrogens with one attached hydrogen (secondary N) is 1. The first kappa shape index (κ1) is 15.0. The Hall–Kier alpha value is -2.04. The van der Waals surface area contributed by atoms with Crippen LogP contribution in [0, 0.1) is 6.92 Å². The van der Waals surface area contributed by atoms with Gasteiger partial charge in [-0.25, -0.2) is 4.79 Å². The number of ether oxygens (including phenoxy) is 1. The largest absolute Gasteiger partial charge is 0.480 e. The van der Waals surface area contributed by atoms with Crippen LogP contribution >= 0.6 is 0 Å². The summed E-state index contributed by atoms with van der Waals surface area (Å²) < 4.78 is 5.30. The smallest absolute Gasteiger partial charge is 0.340 e.